The lowest BCUT2D eigenvalue weighted by Crippen LogP contribution is -2.36. The monoisotopic (exact) mass is 462 g/mol. The van der Waals surface area contributed by atoms with Crippen LogP contribution in [0.3, 0.4) is 0 Å². The quantitative estimate of drug-likeness (QED) is 0.555. The predicted octanol–water partition coefficient (Wildman–Crippen LogP) is 5.02. The molecule has 1 N–H and O–H groups in total. The summed E-state index contributed by atoms with van der Waals surface area (Å²) in [5.41, 5.74) is 0.0641. The summed E-state index contributed by atoms with van der Waals surface area (Å²) in [6.45, 7) is 0.618. The molecule has 0 bridgehead atoms. The number of amides is 1. The number of carbonyl (C=O) groups is 2. The molecule has 1 amide bonds. The third-order valence-electron chi connectivity index (χ3n) is 3.99. The maximum atomic E-state index is 12.2. The Balaban J connectivity index is 1.51. The summed E-state index contributed by atoms with van der Waals surface area (Å²) in [4.78, 5) is 30.1. The molecule has 0 radical (unpaired) electrons. The second-order valence-electron chi connectivity index (χ2n) is 5.85. The largest absolute Gasteiger partial charge is 0.476 e. The SMILES string of the molecule is O=C(O)c1csc(SCCN2C(=O)CC[C@@H]2CSc2cc(Cl)cc(Cl)c2)n1. The number of carboxylic acids is 1. The van der Waals surface area contributed by atoms with Gasteiger partial charge in [-0.2, -0.15) is 0 Å². The first kappa shape index (κ1) is 20.8. The molecular formula is C17H16Cl2N2O3S3. The van der Waals surface area contributed by atoms with Crippen LogP contribution in [0, 0.1) is 0 Å². The number of likely N-dealkylation sites (tertiary alicyclic amines) is 1. The predicted molar refractivity (Wildman–Crippen MR) is 112 cm³/mol. The number of hydrogen-bond donors (Lipinski definition) is 1. The van der Waals surface area contributed by atoms with E-state index in [2.05, 4.69) is 4.98 Å². The molecule has 0 aliphatic carbocycles. The Morgan fingerprint density at radius 3 is 2.70 bits per heavy atom. The lowest BCUT2D eigenvalue weighted by molar-refractivity contribution is -0.128. The molecule has 5 nitrogen and oxygen atoms in total. The average Bonchev–Trinajstić information content (AvgIpc) is 3.20. The van der Waals surface area contributed by atoms with Gasteiger partial charge in [0.25, 0.3) is 0 Å². The number of thiazole rings is 1. The Hall–Kier alpha value is -0.930. The molecule has 1 aromatic carbocycles. The van der Waals surface area contributed by atoms with E-state index in [1.807, 2.05) is 17.0 Å². The van der Waals surface area contributed by atoms with E-state index in [4.69, 9.17) is 28.3 Å². The Morgan fingerprint density at radius 1 is 1.30 bits per heavy atom. The molecule has 1 atom stereocenters. The minimum Gasteiger partial charge on any atom is -0.476 e. The van der Waals surface area contributed by atoms with Gasteiger partial charge in [-0.25, -0.2) is 9.78 Å². The molecule has 2 aromatic rings. The lowest BCUT2D eigenvalue weighted by atomic mass is 10.2. The van der Waals surface area contributed by atoms with Crippen molar-refractivity contribution in [2.24, 2.45) is 0 Å². The molecule has 0 spiro atoms. The van der Waals surface area contributed by atoms with E-state index in [1.54, 1.807) is 17.8 Å². The molecule has 10 heteroatoms. The topological polar surface area (TPSA) is 70.5 Å². The molecule has 0 saturated carbocycles. The third kappa shape index (κ3) is 5.77. The van der Waals surface area contributed by atoms with Gasteiger partial charge in [0, 0.05) is 50.8 Å². The maximum absolute atomic E-state index is 12.2. The van der Waals surface area contributed by atoms with Crippen LogP contribution in [-0.4, -0.2) is 51.0 Å². The number of benzene rings is 1. The van der Waals surface area contributed by atoms with Gasteiger partial charge in [0.05, 0.1) is 0 Å². The normalized spacial score (nSPS) is 16.9. The molecule has 27 heavy (non-hydrogen) atoms. The summed E-state index contributed by atoms with van der Waals surface area (Å²) in [6.07, 6.45) is 1.40. The zero-order valence-electron chi connectivity index (χ0n) is 14.1. The van der Waals surface area contributed by atoms with Gasteiger partial charge in [-0.3, -0.25) is 4.79 Å². The summed E-state index contributed by atoms with van der Waals surface area (Å²) in [5.74, 6) is 0.609. The summed E-state index contributed by atoms with van der Waals surface area (Å²) >= 11 is 16.5. The van der Waals surface area contributed by atoms with Gasteiger partial charge in [-0.05, 0) is 24.6 Å². The molecule has 1 aromatic heterocycles. The molecule has 3 rings (SSSR count). The summed E-state index contributed by atoms with van der Waals surface area (Å²) in [6, 6.07) is 5.62. The van der Waals surface area contributed by atoms with Crippen LogP contribution in [0.25, 0.3) is 0 Å². The van der Waals surface area contributed by atoms with Crippen LogP contribution in [0.2, 0.25) is 10.0 Å². The number of nitrogens with zero attached hydrogens (tertiary/aromatic N) is 2. The average molecular weight is 463 g/mol. The maximum Gasteiger partial charge on any atom is 0.355 e. The van der Waals surface area contributed by atoms with Crippen LogP contribution < -0.4 is 0 Å². The Morgan fingerprint density at radius 2 is 2.04 bits per heavy atom. The van der Waals surface area contributed by atoms with Crippen LogP contribution in [0.5, 0.6) is 0 Å². The second-order valence-corrected chi connectivity index (χ2v) is 10.0. The Bertz CT molecular complexity index is 826. The fourth-order valence-corrected chi connectivity index (χ4v) is 6.35. The molecular weight excluding hydrogens is 447 g/mol. The zero-order chi connectivity index (χ0) is 19.4. The Labute approximate surface area is 179 Å². The van der Waals surface area contributed by atoms with Gasteiger partial charge in [-0.1, -0.05) is 35.0 Å². The van der Waals surface area contributed by atoms with Crippen LogP contribution in [0.4, 0.5) is 0 Å². The van der Waals surface area contributed by atoms with Crippen molar-refractivity contribution in [1.82, 2.24) is 9.88 Å². The highest BCUT2D eigenvalue weighted by Gasteiger charge is 2.30. The first-order valence-corrected chi connectivity index (χ1v) is 11.7. The zero-order valence-corrected chi connectivity index (χ0v) is 18.0. The van der Waals surface area contributed by atoms with E-state index in [-0.39, 0.29) is 17.6 Å². The fourth-order valence-electron chi connectivity index (χ4n) is 2.73. The van der Waals surface area contributed by atoms with Crippen molar-refractivity contribution in [3.8, 4) is 0 Å². The van der Waals surface area contributed by atoms with Crippen molar-refractivity contribution in [2.45, 2.75) is 28.1 Å². The number of carbonyl (C=O) groups excluding carboxylic acids is 1. The van der Waals surface area contributed by atoms with Gasteiger partial charge < -0.3 is 10.0 Å². The van der Waals surface area contributed by atoms with E-state index < -0.39 is 5.97 Å². The van der Waals surface area contributed by atoms with E-state index in [0.29, 0.717) is 33.1 Å². The minimum atomic E-state index is -1.02. The van der Waals surface area contributed by atoms with Crippen molar-refractivity contribution in [2.75, 3.05) is 18.1 Å². The van der Waals surface area contributed by atoms with E-state index >= 15 is 0 Å². The third-order valence-corrected chi connectivity index (χ3v) is 7.55. The van der Waals surface area contributed by atoms with Crippen LogP contribution in [0.15, 0.2) is 32.8 Å². The highest BCUT2D eigenvalue weighted by Crippen LogP contribution is 2.31. The number of carboxylic acid groups (broad SMARTS) is 1. The summed E-state index contributed by atoms with van der Waals surface area (Å²) in [5, 5.41) is 11.6. The molecule has 0 unspecified atom stereocenters. The number of rotatable bonds is 8. The van der Waals surface area contributed by atoms with Crippen molar-refractivity contribution >= 4 is 69.9 Å². The van der Waals surface area contributed by atoms with E-state index in [1.165, 1.54) is 28.5 Å². The van der Waals surface area contributed by atoms with Crippen molar-refractivity contribution < 1.29 is 14.7 Å². The number of aromatic nitrogens is 1. The second kappa shape index (κ2) is 9.52. The van der Waals surface area contributed by atoms with Crippen molar-refractivity contribution in [3.63, 3.8) is 0 Å². The first-order valence-electron chi connectivity index (χ1n) is 8.12. The molecule has 144 valence electrons. The lowest BCUT2D eigenvalue weighted by Gasteiger charge is -2.24. The standard InChI is InChI=1S/C17H16Cl2N2O3S3/c18-10-5-11(19)7-13(6-10)26-8-12-1-2-15(22)21(12)3-4-25-17-20-14(9-27-17)16(23)24/h5-7,9,12H,1-4,8H2,(H,23,24)/t12-/m1/s1. The number of halogens is 2. The molecule has 2 heterocycles. The molecule has 1 aliphatic heterocycles. The molecule has 1 fully saturated rings. The van der Waals surface area contributed by atoms with E-state index in [9.17, 15) is 9.59 Å². The van der Waals surface area contributed by atoms with Crippen molar-refractivity contribution in [1.29, 1.82) is 0 Å². The number of aromatic carboxylic acids is 1. The van der Waals surface area contributed by atoms with Gasteiger partial charge >= 0.3 is 5.97 Å². The minimum absolute atomic E-state index is 0.0641. The van der Waals surface area contributed by atoms with Gasteiger partial charge in [-0.15, -0.1) is 23.1 Å². The van der Waals surface area contributed by atoms with E-state index in [0.717, 1.165) is 17.1 Å². The number of thioether (sulfide) groups is 2. The van der Waals surface area contributed by atoms with Crippen LogP contribution in [0.1, 0.15) is 23.3 Å². The van der Waals surface area contributed by atoms with Gasteiger partial charge in [0.1, 0.15) is 0 Å². The number of hydrogen-bond acceptors (Lipinski definition) is 6. The molecule has 1 aliphatic rings. The fraction of sp³-hybridized carbons (Fsp3) is 0.353. The van der Waals surface area contributed by atoms with Crippen LogP contribution >= 0.6 is 58.1 Å². The molecule has 1 saturated heterocycles. The highest BCUT2D eigenvalue weighted by atomic mass is 35.5. The summed E-state index contributed by atoms with van der Waals surface area (Å²) < 4.78 is 0.707. The van der Waals surface area contributed by atoms with Crippen LogP contribution in [-0.2, 0) is 4.79 Å². The smallest absolute Gasteiger partial charge is 0.355 e. The Kier molecular flexibility index (Phi) is 7.33. The van der Waals surface area contributed by atoms with Gasteiger partial charge in [0.2, 0.25) is 5.91 Å². The first-order chi connectivity index (χ1) is 12.9. The van der Waals surface area contributed by atoms with Gasteiger partial charge in [0.15, 0.2) is 10.0 Å². The van der Waals surface area contributed by atoms with Crippen molar-refractivity contribution in [3.05, 3.63) is 39.3 Å². The highest BCUT2D eigenvalue weighted by molar-refractivity contribution is 8.01. The summed E-state index contributed by atoms with van der Waals surface area (Å²) in [7, 11) is 0.